The Morgan fingerprint density at radius 3 is 1.54 bits per heavy atom. The number of alkyl halides is 1. The molecule has 1 aromatic heterocycles. The van der Waals surface area contributed by atoms with Gasteiger partial charge in [0.05, 0.1) is 27.8 Å². The van der Waals surface area contributed by atoms with Crippen LogP contribution in [-0.4, -0.2) is 84.0 Å². The van der Waals surface area contributed by atoms with Gasteiger partial charge in [-0.15, -0.1) is 0 Å². The Morgan fingerprint density at radius 2 is 1.10 bits per heavy atom. The third-order valence-corrected chi connectivity index (χ3v) is 11.0. The van der Waals surface area contributed by atoms with Crippen molar-refractivity contribution in [1.29, 1.82) is 0 Å². The van der Waals surface area contributed by atoms with Gasteiger partial charge < -0.3 is 43.4 Å². The van der Waals surface area contributed by atoms with E-state index in [1.807, 2.05) is 76.2 Å². The minimum absolute atomic E-state index is 0. The number of hydrogen-bond acceptors (Lipinski definition) is 10. The fraction of sp³-hybridized carbons (Fsp3) is 0.500. The van der Waals surface area contributed by atoms with Gasteiger partial charge in [0.25, 0.3) is 0 Å². The summed E-state index contributed by atoms with van der Waals surface area (Å²) in [4.78, 5) is 33.7. The molecule has 7 rings (SSSR count). The molecule has 324 valence electrons. The molecule has 0 saturated heterocycles. The maximum Gasteiger partial charge on any atom is 0.314 e. The number of carbonyl (C=O) groups excluding carboxylic acids is 1. The summed E-state index contributed by atoms with van der Waals surface area (Å²) in [6.45, 7) is 12.2. The Morgan fingerprint density at radius 1 is 0.661 bits per heavy atom. The number of ketones is 1. The van der Waals surface area contributed by atoms with Crippen LogP contribution in [0.15, 0.2) is 83.5 Å². The van der Waals surface area contributed by atoms with Crippen molar-refractivity contribution in [2.24, 2.45) is 0 Å². The molecule has 59 heavy (non-hydrogen) atoms. The molecule has 3 saturated carbocycles. The predicted octanol–water partition coefficient (Wildman–Crippen LogP) is 9.56. The molecule has 4 aromatic rings. The number of halogens is 1. The van der Waals surface area contributed by atoms with Crippen molar-refractivity contribution in [2.75, 3.05) is 38.4 Å². The average Bonchev–Trinajstić information content (AvgIpc) is 4.12. The molecule has 3 aliphatic rings. The van der Waals surface area contributed by atoms with Crippen molar-refractivity contribution >= 4 is 44.6 Å². The van der Waals surface area contributed by atoms with E-state index in [4.69, 9.17) is 38.3 Å². The van der Waals surface area contributed by atoms with E-state index in [-0.39, 0.29) is 37.0 Å². The van der Waals surface area contributed by atoms with Gasteiger partial charge in [-0.1, -0.05) is 53.7 Å². The van der Waals surface area contributed by atoms with Crippen LogP contribution in [0.1, 0.15) is 97.3 Å². The van der Waals surface area contributed by atoms with Gasteiger partial charge in [0.1, 0.15) is 29.5 Å². The lowest BCUT2D eigenvalue weighted by molar-refractivity contribution is -0.152. The number of rotatable bonds is 18. The molecule has 0 spiro atoms. The quantitative estimate of drug-likeness (QED) is 0.0640. The van der Waals surface area contributed by atoms with E-state index < -0.39 is 22.8 Å². The van der Waals surface area contributed by atoms with Crippen LogP contribution in [0.2, 0.25) is 0 Å². The third kappa shape index (κ3) is 13.1. The molecular weight excluding hydrogens is 824 g/mol. The standard InChI is InChI=1S/C16H22O5.C12H10O3.C11H12O2.C6H13BrO2.CH4/c1-3-19-14(20-4-2)11-21-13-7-5-12(6-8-13)16(9-10-16)15(17)18;13-11(14)12(4-5-12)9-1-2-10-8(7-9)3-6-15-10;1-8(12)11(6-7-11)9-2-4-10(13)5-3-9;1-3-8-6(5-7)9-4-2;/h5-8,14H,3-4,9-11H2,1-2H3,(H,17,18);1-3,6-7H,4-5H2,(H,13,14);2-5,13H,6-7H2,1H3;6H,3-5H2,1-2H3;1H4. The zero-order chi connectivity index (χ0) is 42.3. The fourth-order valence-electron chi connectivity index (χ4n) is 6.58. The first-order valence-electron chi connectivity index (χ1n) is 19.8. The van der Waals surface area contributed by atoms with E-state index in [2.05, 4.69) is 15.9 Å². The van der Waals surface area contributed by atoms with Crippen molar-refractivity contribution in [1.82, 2.24) is 0 Å². The molecule has 0 bridgehead atoms. The molecule has 0 radical (unpaired) electrons. The van der Waals surface area contributed by atoms with Crippen molar-refractivity contribution in [3.8, 4) is 11.5 Å². The fourth-order valence-corrected chi connectivity index (χ4v) is 6.95. The first kappa shape index (κ1) is 49.1. The number of ether oxygens (including phenoxy) is 5. The summed E-state index contributed by atoms with van der Waals surface area (Å²) >= 11 is 3.27. The van der Waals surface area contributed by atoms with Gasteiger partial charge in [0.2, 0.25) is 0 Å². The Labute approximate surface area is 356 Å². The SMILES string of the molecule is C.CC(=O)C1(c2ccc(O)cc2)CC1.CCOC(CBr)OCC.CCOC(COc1ccc(C2(C(=O)O)CC2)cc1)OCC.O=C(O)C1(c2ccc3occc3c2)CC1. The molecule has 1 heterocycles. The van der Waals surface area contributed by atoms with Crippen LogP contribution in [0, 0.1) is 0 Å². The minimum Gasteiger partial charge on any atom is -0.508 e. The second-order valence-corrected chi connectivity index (χ2v) is 15.0. The summed E-state index contributed by atoms with van der Waals surface area (Å²) in [5, 5.41) is 29.2. The number of carboxylic acid groups (broad SMARTS) is 2. The predicted molar refractivity (Wildman–Crippen MR) is 230 cm³/mol. The lowest BCUT2D eigenvalue weighted by atomic mass is 9.92. The maximum atomic E-state index is 11.4. The number of phenols is 1. The van der Waals surface area contributed by atoms with Crippen LogP contribution in [-0.2, 0) is 49.6 Å². The second-order valence-electron chi connectivity index (χ2n) is 14.3. The van der Waals surface area contributed by atoms with Crippen LogP contribution in [0.3, 0.4) is 0 Å². The number of aliphatic carboxylic acids is 2. The molecule has 0 unspecified atom stereocenters. The number of furan rings is 1. The van der Waals surface area contributed by atoms with E-state index in [9.17, 15) is 19.5 Å². The number of aromatic hydroxyl groups is 1. The van der Waals surface area contributed by atoms with Gasteiger partial charge in [-0.05, 0) is 132 Å². The Kier molecular flexibility index (Phi) is 19.1. The molecule has 3 aromatic carbocycles. The Hall–Kier alpha value is -4.27. The number of hydrogen-bond donors (Lipinski definition) is 3. The highest BCUT2D eigenvalue weighted by Gasteiger charge is 2.52. The number of carbonyl (C=O) groups is 3. The summed E-state index contributed by atoms with van der Waals surface area (Å²) in [5.74, 6) is -0.292. The summed E-state index contributed by atoms with van der Waals surface area (Å²) in [5.41, 5.74) is 2.08. The highest BCUT2D eigenvalue weighted by Crippen LogP contribution is 2.50. The van der Waals surface area contributed by atoms with Crippen molar-refractivity contribution < 1.29 is 57.8 Å². The van der Waals surface area contributed by atoms with E-state index >= 15 is 0 Å². The van der Waals surface area contributed by atoms with Crippen molar-refractivity contribution in [3.05, 3.63) is 95.7 Å². The highest BCUT2D eigenvalue weighted by atomic mass is 79.9. The maximum absolute atomic E-state index is 11.4. The molecule has 3 aliphatic carbocycles. The third-order valence-electron chi connectivity index (χ3n) is 10.5. The Bertz CT molecular complexity index is 1880. The number of fused-ring (bicyclic) bond motifs is 1. The number of Topliss-reactive ketones (excluding diaryl/α,β-unsaturated/α-hetero) is 1. The van der Waals surface area contributed by atoms with Crippen LogP contribution >= 0.6 is 15.9 Å². The van der Waals surface area contributed by atoms with Gasteiger partial charge in [-0.25, -0.2) is 0 Å². The van der Waals surface area contributed by atoms with E-state index in [0.29, 0.717) is 51.6 Å². The lowest BCUT2D eigenvalue weighted by Gasteiger charge is -2.18. The lowest BCUT2D eigenvalue weighted by Crippen LogP contribution is -2.25. The van der Waals surface area contributed by atoms with Crippen LogP contribution < -0.4 is 4.74 Å². The van der Waals surface area contributed by atoms with Gasteiger partial charge >= 0.3 is 11.9 Å². The molecule has 3 N–H and O–H groups in total. The molecule has 0 amide bonds. The summed E-state index contributed by atoms with van der Waals surface area (Å²) < 4.78 is 32.0. The number of phenolic OH excluding ortho intramolecular Hbond substituents is 1. The average molecular weight is 886 g/mol. The van der Waals surface area contributed by atoms with Crippen molar-refractivity contribution in [2.45, 2.75) is 109 Å². The van der Waals surface area contributed by atoms with E-state index in [1.165, 1.54) is 0 Å². The van der Waals surface area contributed by atoms with E-state index in [0.717, 1.165) is 58.7 Å². The highest BCUT2D eigenvalue weighted by molar-refractivity contribution is 9.09. The first-order chi connectivity index (χ1) is 27.8. The topological polar surface area (TPSA) is 171 Å². The summed E-state index contributed by atoms with van der Waals surface area (Å²) in [6.07, 6.45) is 5.97. The van der Waals surface area contributed by atoms with Gasteiger partial charge in [0.15, 0.2) is 12.6 Å². The van der Waals surface area contributed by atoms with Gasteiger partial charge in [0, 0.05) is 31.8 Å². The molecule has 12 nitrogen and oxygen atoms in total. The zero-order valence-electron chi connectivity index (χ0n) is 34.0. The van der Waals surface area contributed by atoms with Crippen LogP contribution in [0.4, 0.5) is 0 Å². The first-order valence-corrected chi connectivity index (χ1v) is 21.0. The normalized spacial score (nSPS) is 15.9. The zero-order valence-corrected chi connectivity index (χ0v) is 35.6. The second kappa shape index (κ2) is 22.9. The number of benzene rings is 3. The largest absolute Gasteiger partial charge is 0.508 e. The molecule has 0 aliphatic heterocycles. The van der Waals surface area contributed by atoms with Crippen LogP contribution in [0.25, 0.3) is 11.0 Å². The molecule has 0 atom stereocenters. The Balaban J connectivity index is 0.000000218. The molecule has 13 heteroatoms. The van der Waals surface area contributed by atoms with E-state index in [1.54, 1.807) is 37.5 Å². The number of carboxylic acids is 2. The molecule has 3 fully saturated rings. The minimum atomic E-state index is -0.746. The van der Waals surface area contributed by atoms with Gasteiger partial charge in [-0.2, -0.15) is 0 Å². The summed E-state index contributed by atoms with van der Waals surface area (Å²) in [7, 11) is 0. The van der Waals surface area contributed by atoms with Gasteiger partial charge in [-0.3, -0.25) is 14.4 Å². The molecular formula is C46H61BrO12. The monoisotopic (exact) mass is 884 g/mol. The summed E-state index contributed by atoms with van der Waals surface area (Å²) in [6, 6.07) is 21.7. The smallest absolute Gasteiger partial charge is 0.314 e. The van der Waals surface area contributed by atoms with Crippen molar-refractivity contribution in [3.63, 3.8) is 0 Å². The van der Waals surface area contributed by atoms with Crippen LogP contribution in [0.5, 0.6) is 11.5 Å².